The molecule has 110 valence electrons. The third kappa shape index (κ3) is 2.61. The molecule has 0 aliphatic heterocycles. The van der Waals surface area contributed by atoms with Gasteiger partial charge in [-0.1, -0.05) is 36.4 Å². The fraction of sp³-hybridized carbons (Fsp3) is 0.0625. The quantitative estimate of drug-likeness (QED) is 0.391. The summed E-state index contributed by atoms with van der Waals surface area (Å²) in [6.45, 7) is 2.06. The molecule has 2 aromatic carbocycles. The van der Waals surface area contributed by atoms with E-state index in [2.05, 4.69) is 50.8 Å². The maximum Gasteiger partial charge on any atom is 0.192 e. The van der Waals surface area contributed by atoms with Crippen LogP contribution in [0, 0.1) is 10.5 Å². The standard InChI is InChI=1S/C16H14IN5/c1-9-5-2-3-6-10(9)14-11-7-4-8-12(17)13(11)15(22-21-14)20-16(18)19/h2-8H,1H3,(H4,18,19,20,22). The number of nitrogens with two attached hydrogens (primary N) is 2. The lowest BCUT2D eigenvalue weighted by atomic mass is 10.0. The SMILES string of the molecule is Cc1ccccc1-c1nnc(N=C(N)N)c2c(I)cccc12. The zero-order valence-corrected chi connectivity index (χ0v) is 14.1. The predicted molar refractivity (Wildman–Crippen MR) is 97.9 cm³/mol. The van der Waals surface area contributed by atoms with Crippen molar-refractivity contribution < 1.29 is 0 Å². The molecule has 4 N–H and O–H groups in total. The summed E-state index contributed by atoms with van der Waals surface area (Å²) in [5, 5.41) is 10.5. The Morgan fingerprint density at radius 3 is 2.55 bits per heavy atom. The third-order valence-corrected chi connectivity index (χ3v) is 4.27. The van der Waals surface area contributed by atoms with Crippen molar-refractivity contribution in [3.63, 3.8) is 0 Å². The van der Waals surface area contributed by atoms with Crippen molar-refractivity contribution in [3.05, 3.63) is 51.6 Å². The van der Waals surface area contributed by atoms with E-state index >= 15 is 0 Å². The first-order valence-corrected chi connectivity index (χ1v) is 7.76. The smallest absolute Gasteiger partial charge is 0.192 e. The molecule has 0 aliphatic rings. The van der Waals surface area contributed by atoms with Gasteiger partial charge >= 0.3 is 0 Å². The van der Waals surface area contributed by atoms with Gasteiger partial charge in [-0.3, -0.25) is 0 Å². The first-order valence-electron chi connectivity index (χ1n) is 6.68. The van der Waals surface area contributed by atoms with E-state index in [1.165, 1.54) is 0 Å². The van der Waals surface area contributed by atoms with E-state index in [1.807, 2.05) is 36.4 Å². The van der Waals surface area contributed by atoms with Crippen molar-refractivity contribution in [1.29, 1.82) is 0 Å². The highest BCUT2D eigenvalue weighted by Crippen LogP contribution is 2.34. The summed E-state index contributed by atoms with van der Waals surface area (Å²) in [6, 6.07) is 14.1. The average Bonchev–Trinajstić information content (AvgIpc) is 2.48. The molecule has 3 aromatic rings. The lowest BCUT2D eigenvalue weighted by Crippen LogP contribution is -2.22. The number of hydrogen-bond acceptors (Lipinski definition) is 3. The lowest BCUT2D eigenvalue weighted by molar-refractivity contribution is 1.04. The molecular weight excluding hydrogens is 389 g/mol. The molecular formula is C16H14IN5. The summed E-state index contributed by atoms with van der Waals surface area (Å²) in [5.41, 5.74) is 14.0. The molecule has 1 heterocycles. The Morgan fingerprint density at radius 2 is 1.82 bits per heavy atom. The zero-order chi connectivity index (χ0) is 15.7. The van der Waals surface area contributed by atoms with Crippen LogP contribution in [0.3, 0.4) is 0 Å². The van der Waals surface area contributed by atoms with Gasteiger partial charge in [0.25, 0.3) is 0 Å². The van der Waals surface area contributed by atoms with Crippen LogP contribution in [0.2, 0.25) is 0 Å². The molecule has 0 spiro atoms. The molecule has 0 fully saturated rings. The molecule has 0 saturated carbocycles. The Labute approximate surface area is 141 Å². The van der Waals surface area contributed by atoms with E-state index in [9.17, 15) is 0 Å². The first kappa shape index (κ1) is 14.7. The molecule has 3 rings (SSSR count). The molecule has 0 atom stereocenters. The molecule has 22 heavy (non-hydrogen) atoms. The second-order valence-corrected chi connectivity index (χ2v) is 6.05. The monoisotopic (exact) mass is 403 g/mol. The van der Waals surface area contributed by atoms with E-state index < -0.39 is 0 Å². The Hall–Kier alpha value is -2.22. The molecule has 0 radical (unpaired) electrons. The van der Waals surface area contributed by atoms with Gasteiger partial charge in [-0.25, -0.2) is 0 Å². The molecule has 0 bridgehead atoms. The third-order valence-electron chi connectivity index (χ3n) is 3.37. The summed E-state index contributed by atoms with van der Waals surface area (Å²) < 4.78 is 1.03. The highest BCUT2D eigenvalue weighted by molar-refractivity contribution is 14.1. The van der Waals surface area contributed by atoms with E-state index in [1.54, 1.807) is 0 Å². The molecule has 0 unspecified atom stereocenters. The second kappa shape index (κ2) is 5.88. The molecule has 0 amide bonds. The van der Waals surface area contributed by atoms with E-state index in [0.29, 0.717) is 5.82 Å². The number of aromatic nitrogens is 2. The van der Waals surface area contributed by atoms with Crippen LogP contribution in [0.15, 0.2) is 47.5 Å². The summed E-state index contributed by atoms with van der Waals surface area (Å²) in [4.78, 5) is 4.10. The molecule has 6 heteroatoms. The van der Waals surface area contributed by atoms with Crippen LogP contribution in [0.4, 0.5) is 5.82 Å². The van der Waals surface area contributed by atoms with Gasteiger partial charge in [0.2, 0.25) is 0 Å². The Morgan fingerprint density at radius 1 is 1.05 bits per heavy atom. The van der Waals surface area contributed by atoms with Crippen LogP contribution in [0.1, 0.15) is 5.56 Å². The van der Waals surface area contributed by atoms with Gasteiger partial charge in [-0.2, -0.15) is 4.99 Å². The van der Waals surface area contributed by atoms with Crippen LogP contribution < -0.4 is 11.5 Å². The van der Waals surface area contributed by atoms with Crippen molar-refractivity contribution in [2.24, 2.45) is 16.5 Å². The van der Waals surface area contributed by atoms with Gasteiger partial charge < -0.3 is 11.5 Å². The van der Waals surface area contributed by atoms with Gasteiger partial charge in [-0.05, 0) is 41.1 Å². The highest BCUT2D eigenvalue weighted by atomic mass is 127. The van der Waals surface area contributed by atoms with Crippen LogP contribution in [0.5, 0.6) is 0 Å². The maximum absolute atomic E-state index is 5.50. The molecule has 0 saturated heterocycles. The predicted octanol–water partition coefficient (Wildman–Crippen LogP) is 3.11. The van der Waals surface area contributed by atoms with Gasteiger partial charge in [0.15, 0.2) is 11.8 Å². The Kier molecular flexibility index (Phi) is 3.93. The summed E-state index contributed by atoms with van der Waals surface area (Å²) in [6.07, 6.45) is 0. The van der Waals surface area contributed by atoms with E-state index in [-0.39, 0.29) is 5.96 Å². The number of fused-ring (bicyclic) bond motifs is 1. The normalized spacial score (nSPS) is 10.6. The first-order chi connectivity index (χ1) is 10.6. The minimum Gasteiger partial charge on any atom is -0.370 e. The van der Waals surface area contributed by atoms with Crippen molar-refractivity contribution in [1.82, 2.24) is 10.2 Å². The van der Waals surface area contributed by atoms with Gasteiger partial charge in [-0.15, -0.1) is 10.2 Å². The van der Waals surface area contributed by atoms with E-state index in [4.69, 9.17) is 11.5 Å². The summed E-state index contributed by atoms with van der Waals surface area (Å²) >= 11 is 2.26. The summed E-state index contributed by atoms with van der Waals surface area (Å²) in [7, 11) is 0. The second-order valence-electron chi connectivity index (χ2n) is 4.89. The molecule has 1 aromatic heterocycles. The van der Waals surface area contributed by atoms with E-state index in [0.717, 1.165) is 31.2 Å². The number of halogens is 1. The number of rotatable bonds is 2. The fourth-order valence-electron chi connectivity index (χ4n) is 2.39. The lowest BCUT2D eigenvalue weighted by Gasteiger charge is -2.10. The Balaban J connectivity index is 2.38. The van der Waals surface area contributed by atoms with Crippen LogP contribution >= 0.6 is 22.6 Å². The fourth-order valence-corrected chi connectivity index (χ4v) is 3.13. The minimum absolute atomic E-state index is 0.0288. The number of hydrogen-bond donors (Lipinski definition) is 2. The van der Waals surface area contributed by atoms with Crippen LogP contribution in [-0.2, 0) is 0 Å². The summed E-state index contributed by atoms with van der Waals surface area (Å²) in [5.74, 6) is 0.413. The minimum atomic E-state index is -0.0288. The number of aliphatic imine (C=N–C) groups is 1. The number of aryl methyl sites for hydroxylation is 1. The van der Waals surface area contributed by atoms with Crippen molar-refractivity contribution >= 4 is 45.1 Å². The van der Waals surface area contributed by atoms with Gasteiger partial charge in [0.1, 0.15) is 5.69 Å². The zero-order valence-electron chi connectivity index (χ0n) is 11.9. The van der Waals surface area contributed by atoms with Crippen molar-refractivity contribution in [2.45, 2.75) is 6.92 Å². The van der Waals surface area contributed by atoms with Gasteiger partial charge in [0, 0.05) is 19.9 Å². The molecule has 0 aliphatic carbocycles. The average molecular weight is 403 g/mol. The van der Waals surface area contributed by atoms with Crippen LogP contribution in [-0.4, -0.2) is 16.2 Å². The van der Waals surface area contributed by atoms with Gasteiger partial charge in [0.05, 0.1) is 0 Å². The molecule has 5 nitrogen and oxygen atoms in total. The topological polar surface area (TPSA) is 90.2 Å². The highest BCUT2D eigenvalue weighted by Gasteiger charge is 2.14. The van der Waals surface area contributed by atoms with Crippen molar-refractivity contribution in [3.8, 4) is 11.3 Å². The number of nitrogens with zero attached hydrogens (tertiary/aromatic N) is 3. The largest absolute Gasteiger partial charge is 0.370 e. The van der Waals surface area contributed by atoms with Crippen LogP contribution in [0.25, 0.3) is 22.0 Å². The number of benzene rings is 2. The number of guanidine groups is 1. The maximum atomic E-state index is 5.50. The van der Waals surface area contributed by atoms with Crippen molar-refractivity contribution in [2.75, 3.05) is 0 Å². The Bertz CT molecular complexity index is 885.